The molecule has 25 heavy (non-hydrogen) atoms. The molecule has 1 unspecified atom stereocenters. The number of carboxylic acids is 1. The molecule has 1 fully saturated rings. The number of amides is 1. The molecule has 2 aromatic rings. The van der Waals surface area contributed by atoms with Gasteiger partial charge in [0.1, 0.15) is 5.69 Å². The summed E-state index contributed by atoms with van der Waals surface area (Å²) in [6.07, 6.45) is 2.86. The molecule has 1 N–H and O–H groups in total. The Morgan fingerprint density at radius 1 is 1.24 bits per heavy atom. The molecule has 1 amide bonds. The second-order valence-corrected chi connectivity index (χ2v) is 5.99. The van der Waals surface area contributed by atoms with Crippen LogP contribution in [0.4, 0.5) is 0 Å². The maximum Gasteiger partial charge on any atom is 0.335 e. The van der Waals surface area contributed by atoms with Crippen LogP contribution in [0.15, 0.2) is 48.7 Å². The summed E-state index contributed by atoms with van der Waals surface area (Å²) in [6, 6.07) is 12.6. The first-order valence-corrected chi connectivity index (χ1v) is 8.27. The van der Waals surface area contributed by atoms with Crippen LogP contribution in [-0.2, 0) is 11.2 Å². The lowest BCUT2D eigenvalue weighted by molar-refractivity contribution is 0.0650. The van der Waals surface area contributed by atoms with Crippen LogP contribution in [0.3, 0.4) is 0 Å². The number of hydrogen-bond acceptors (Lipinski definition) is 4. The van der Waals surface area contributed by atoms with Crippen LogP contribution in [0.25, 0.3) is 0 Å². The Kier molecular flexibility index (Phi) is 5.40. The molecule has 1 aliphatic heterocycles. The fraction of sp³-hybridized carbons (Fsp3) is 0.316. The number of aromatic nitrogens is 1. The van der Waals surface area contributed by atoms with E-state index in [1.807, 2.05) is 30.3 Å². The molecule has 0 bridgehead atoms. The van der Waals surface area contributed by atoms with E-state index in [4.69, 9.17) is 9.84 Å². The monoisotopic (exact) mass is 340 g/mol. The first-order chi connectivity index (χ1) is 12.1. The SMILES string of the molecule is O=C(O)c1ccnc(C(=O)N(CCc2ccccc2)C2CCOC2)c1. The number of carbonyl (C=O) groups is 2. The second kappa shape index (κ2) is 7.90. The summed E-state index contributed by atoms with van der Waals surface area (Å²) in [7, 11) is 0. The minimum absolute atomic E-state index is 0.00787. The Hall–Kier alpha value is -2.73. The van der Waals surface area contributed by atoms with Crippen molar-refractivity contribution in [3.8, 4) is 0 Å². The van der Waals surface area contributed by atoms with E-state index < -0.39 is 5.97 Å². The van der Waals surface area contributed by atoms with Crippen LogP contribution in [0.1, 0.15) is 32.8 Å². The van der Waals surface area contributed by atoms with Gasteiger partial charge in [0.25, 0.3) is 5.91 Å². The largest absolute Gasteiger partial charge is 0.478 e. The second-order valence-electron chi connectivity index (χ2n) is 5.99. The Bertz CT molecular complexity index is 742. The summed E-state index contributed by atoms with van der Waals surface area (Å²) in [4.78, 5) is 29.9. The number of aromatic carboxylic acids is 1. The van der Waals surface area contributed by atoms with Crippen molar-refractivity contribution in [2.24, 2.45) is 0 Å². The third-order valence-electron chi connectivity index (χ3n) is 4.32. The van der Waals surface area contributed by atoms with E-state index >= 15 is 0 Å². The van der Waals surface area contributed by atoms with Crippen molar-refractivity contribution < 1.29 is 19.4 Å². The number of carboxylic acid groups (broad SMARTS) is 1. The number of pyridine rings is 1. The van der Waals surface area contributed by atoms with Crippen LogP contribution in [0, 0.1) is 0 Å². The van der Waals surface area contributed by atoms with Crippen molar-refractivity contribution in [3.05, 3.63) is 65.5 Å². The molecule has 130 valence electrons. The summed E-state index contributed by atoms with van der Waals surface area (Å²) in [5.41, 5.74) is 1.36. The average Bonchev–Trinajstić information content (AvgIpc) is 3.17. The van der Waals surface area contributed by atoms with Gasteiger partial charge in [-0.05, 0) is 30.5 Å². The van der Waals surface area contributed by atoms with Gasteiger partial charge < -0.3 is 14.7 Å². The van der Waals surface area contributed by atoms with Crippen molar-refractivity contribution in [3.63, 3.8) is 0 Å². The Morgan fingerprint density at radius 2 is 2.04 bits per heavy atom. The molecule has 1 saturated heterocycles. The smallest absolute Gasteiger partial charge is 0.335 e. The van der Waals surface area contributed by atoms with E-state index in [0.717, 1.165) is 18.4 Å². The molecular formula is C19H20N2O4. The maximum absolute atomic E-state index is 12.9. The fourth-order valence-electron chi connectivity index (χ4n) is 2.94. The third-order valence-corrected chi connectivity index (χ3v) is 4.32. The minimum atomic E-state index is -1.07. The number of rotatable bonds is 6. The van der Waals surface area contributed by atoms with Gasteiger partial charge >= 0.3 is 5.97 Å². The molecule has 1 aromatic heterocycles. The van der Waals surface area contributed by atoms with Gasteiger partial charge in [-0.25, -0.2) is 4.79 Å². The fourth-order valence-corrected chi connectivity index (χ4v) is 2.94. The lowest BCUT2D eigenvalue weighted by Crippen LogP contribution is -2.42. The quantitative estimate of drug-likeness (QED) is 0.872. The van der Waals surface area contributed by atoms with E-state index in [1.165, 1.54) is 18.3 Å². The normalized spacial score (nSPS) is 16.6. The van der Waals surface area contributed by atoms with Gasteiger partial charge in [0.2, 0.25) is 0 Å². The van der Waals surface area contributed by atoms with Gasteiger partial charge in [0.05, 0.1) is 18.2 Å². The van der Waals surface area contributed by atoms with Crippen LogP contribution >= 0.6 is 0 Å². The van der Waals surface area contributed by atoms with Crippen molar-refractivity contribution in [1.82, 2.24) is 9.88 Å². The van der Waals surface area contributed by atoms with Crippen molar-refractivity contribution in [1.29, 1.82) is 0 Å². The highest BCUT2D eigenvalue weighted by Gasteiger charge is 2.28. The van der Waals surface area contributed by atoms with Gasteiger partial charge in [-0.2, -0.15) is 0 Å². The van der Waals surface area contributed by atoms with E-state index in [9.17, 15) is 9.59 Å². The zero-order valence-electron chi connectivity index (χ0n) is 13.8. The highest BCUT2D eigenvalue weighted by Crippen LogP contribution is 2.17. The number of nitrogens with zero attached hydrogens (tertiary/aromatic N) is 2. The summed E-state index contributed by atoms with van der Waals surface area (Å²) in [6.45, 7) is 1.66. The average molecular weight is 340 g/mol. The molecule has 2 heterocycles. The highest BCUT2D eigenvalue weighted by atomic mass is 16.5. The van der Waals surface area contributed by atoms with E-state index in [0.29, 0.717) is 19.8 Å². The van der Waals surface area contributed by atoms with E-state index in [-0.39, 0.29) is 23.2 Å². The number of benzene rings is 1. The number of hydrogen-bond donors (Lipinski definition) is 1. The Balaban J connectivity index is 1.79. The predicted molar refractivity (Wildman–Crippen MR) is 91.6 cm³/mol. The summed E-state index contributed by atoms with van der Waals surface area (Å²) in [5.74, 6) is -1.33. The van der Waals surface area contributed by atoms with Crippen molar-refractivity contribution in [2.75, 3.05) is 19.8 Å². The molecule has 3 rings (SSSR count). The van der Waals surface area contributed by atoms with E-state index in [1.54, 1.807) is 4.90 Å². The zero-order valence-corrected chi connectivity index (χ0v) is 13.8. The molecule has 6 heteroatoms. The minimum Gasteiger partial charge on any atom is -0.478 e. The van der Waals surface area contributed by atoms with Gasteiger partial charge in [0.15, 0.2) is 0 Å². The van der Waals surface area contributed by atoms with Crippen LogP contribution in [-0.4, -0.2) is 52.7 Å². The topological polar surface area (TPSA) is 79.7 Å². The lowest BCUT2D eigenvalue weighted by Gasteiger charge is -2.28. The van der Waals surface area contributed by atoms with Crippen LogP contribution in [0.2, 0.25) is 0 Å². The van der Waals surface area contributed by atoms with Crippen molar-refractivity contribution in [2.45, 2.75) is 18.9 Å². The first kappa shape index (κ1) is 17.1. The van der Waals surface area contributed by atoms with Crippen LogP contribution < -0.4 is 0 Å². The Morgan fingerprint density at radius 3 is 2.72 bits per heavy atom. The Labute approximate surface area is 146 Å². The predicted octanol–water partition coefficient (Wildman–Crippen LogP) is 2.25. The van der Waals surface area contributed by atoms with Crippen molar-refractivity contribution >= 4 is 11.9 Å². The standard InChI is InChI=1S/C19H20N2O4/c22-18(17-12-15(19(23)24)6-9-20-17)21(16-8-11-25-13-16)10-7-14-4-2-1-3-5-14/h1-6,9,12,16H,7-8,10-11,13H2,(H,23,24). The molecule has 1 aromatic carbocycles. The summed E-state index contributed by atoms with van der Waals surface area (Å²) < 4.78 is 5.43. The molecule has 0 radical (unpaired) electrons. The molecule has 1 aliphatic rings. The van der Waals surface area contributed by atoms with Crippen LogP contribution in [0.5, 0.6) is 0 Å². The van der Waals surface area contributed by atoms with Gasteiger partial charge in [-0.1, -0.05) is 30.3 Å². The molecule has 6 nitrogen and oxygen atoms in total. The first-order valence-electron chi connectivity index (χ1n) is 8.27. The number of carbonyl (C=O) groups excluding carboxylic acids is 1. The highest BCUT2D eigenvalue weighted by molar-refractivity contribution is 5.96. The zero-order chi connectivity index (χ0) is 17.6. The lowest BCUT2D eigenvalue weighted by atomic mass is 10.1. The molecular weight excluding hydrogens is 320 g/mol. The van der Waals surface area contributed by atoms with E-state index in [2.05, 4.69) is 4.98 Å². The third kappa shape index (κ3) is 4.22. The summed E-state index contributed by atoms with van der Waals surface area (Å²) >= 11 is 0. The summed E-state index contributed by atoms with van der Waals surface area (Å²) in [5, 5.41) is 9.12. The molecule has 1 atom stereocenters. The van der Waals surface area contributed by atoms with Gasteiger partial charge in [0, 0.05) is 19.3 Å². The van der Waals surface area contributed by atoms with Gasteiger partial charge in [-0.15, -0.1) is 0 Å². The number of ether oxygens (including phenoxy) is 1. The molecule has 0 aliphatic carbocycles. The molecule has 0 spiro atoms. The maximum atomic E-state index is 12.9. The molecule has 0 saturated carbocycles. The van der Waals surface area contributed by atoms with Gasteiger partial charge in [-0.3, -0.25) is 9.78 Å².